The number of hydrogen-bond acceptors (Lipinski definition) is 3. The second kappa shape index (κ2) is 8.34. The molecule has 0 aromatic heterocycles. The predicted octanol–water partition coefficient (Wildman–Crippen LogP) is 4.95. The summed E-state index contributed by atoms with van der Waals surface area (Å²) in [4.78, 5) is 12.7. The van der Waals surface area contributed by atoms with Crippen LogP contribution < -0.4 is 4.74 Å². The molecular formula is C23H21O3. The van der Waals surface area contributed by atoms with Crippen molar-refractivity contribution in [3.63, 3.8) is 0 Å². The van der Waals surface area contributed by atoms with Crippen LogP contribution in [0.5, 0.6) is 11.5 Å². The SMILES string of the molecule is CCCc1c(COc2cc[c]cc2)ccc(C(=O)c2ccccc2)c1O. The van der Waals surface area contributed by atoms with Crippen LogP contribution in [0.15, 0.2) is 66.7 Å². The van der Waals surface area contributed by atoms with E-state index < -0.39 is 0 Å². The van der Waals surface area contributed by atoms with Crippen molar-refractivity contribution in [2.24, 2.45) is 0 Å². The van der Waals surface area contributed by atoms with Gasteiger partial charge < -0.3 is 9.84 Å². The van der Waals surface area contributed by atoms with E-state index in [2.05, 4.69) is 6.07 Å². The van der Waals surface area contributed by atoms with E-state index in [4.69, 9.17) is 4.74 Å². The molecule has 3 nitrogen and oxygen atoms in total. The summed E-state index contributed by atoms with van der Waals surface area (Å²) in [5.74, 6) is 0.629. The first kappa shape index (κ1) is 17.7. The van der Waals surface area contributed by atoms with E-state index >= 15 is 0 Å². The molecule has 131 valence electrons. The molecule has 0 spiro atoms. The zero-order valence-electron chi connectivity index (χ0n) is 14.7. The van der Waals surface area contributed by atoms with Gasteiger partial charge >= 0.3 is 0 Å². The van der Waals surface area contributed by atoms with Crippen molar-refractivity contribution in [3.05, 3.63) is 95.1 Å². The Kier molecular flexibility index (Phi) is 5.69. The van der Waals surface area contributed by atoms with Crippen LogP contribution in [-0.4, -0.2) is 10.9 Å². The topological polar surface area (TPSA) is 46.5 Å². The van der Waals surface area contributed by atoms with E-state index in [9.17, 15) is 9.90 Å². The van der Waals surface area contributed by atoms with Crippen molar-refractivity contribution in [2.45, 2.75) is 26.4 Å². The molecule has 0 aliphatic heterocycles. The van der Waals surface area contributed by atoms with Crippen molar-refractivity contribution in [3.8, 4) is 11.5 Å². The molecule has 26 heavy (non-hydrogen) atoms. The standard InChI is InChI=1S/C23H21O3/c1-2-9-20-18(16-26-19-12-7-4-8-13-19)14-15-21(23(20)25)22(24)17-10-5-3-6-11-17/h3,5-8,10-15,25H,2,9,16H2,1H3. The van der Waals surface area contributed by atoms with Crippen LogP contribution in [0, 0.1) is 6.07 Å². The molecule has 0 fully saturated rings. The average Bonchev–Trinajstić information content (AvgIpc) is 2.69. The minimum absolute atomic E-state index is 0.0585. The third kappa shape index (κ3) is 3.94. The molecule has 0 saturated carbocycles. The van der Waals surface area contributed by atoms with Crippen LogP contribution in [0.25, 0.3) is 0 Å². The molecular weight excluding hydrogens is 324 g/mol. The van der Waals surface area contributed by atoms with Gasteiger partial charge in [-0.3, -0.25) is 4.79 Å². The predicted molar refractivity (Wildman–Crippen MR) is 102 cm³/mol. The van der Waals surface area contributed by atoms with E-state index in [0.717, 1.165) is 23.3 Å². The summed E-state index contributed by atoms with van der Waals surface area (Å²) in [5, 5.41) is 10.7. The second-order valence-electron chi connectivity index (χ2n) is 6.07. The summed E-state index contributed by atoms with van der Waals surface area (Å²) >= 11 is 0. The summed E-state index contributed by atoms with van der Waals surface area (Å²) in [7, 11) is 0. The van der Waals surface area contributed by atoms with Crippen molar-refractivity contribution in [1.29, 1.82) is 0 Å². The Labute approximate surface area is 153 Å². The van der Waals surface area contributed by atoms with Crippen molar-refractivity contribution in [2.75, 3.05) is 0 Å². The number of carbonyl (C=O) groups is 1. The first-order valence-corrected chi connectivity index (χ1v) is 8.73. The van der Waals surface area contributed by atoms with Gasteiger partial charge in [0.2, 0.25) is 0 Å². The molecule has 0 atom stereocenters. The van der Waals surface area contributed by atoms with Crippen molar-refractivity contribution < 1.29 is 14.6 Å². The Morgan fingerprint density at radius 3 is 2.46 bits per heavy atom. The Morgan fingerprint density at radius 2 is 1.77 bits per heavy atom. The smallest absolute Gasteiger partial charge is 0.196 e. The lowest BCUT2D eigenvalue weighted by Gasteiger charge is -2.15. The van der Waals surface area contributed by atoms with Gasteiger partial charge in [-0.05, 0) is 36.2 Å². The first-order valence-electron chi connectivity index (χ1n) is 8.73. The van der Waals surface area contributed by atoms with Crippen LogP contribution in [0.2, 0.25) is 0 Å². The number of ketones is 1. The maximum Gasteiger partial charge on any atom is 0.196 e. The highest BCUT2D eigenvalue weighted by Gasteiger charge is 2.18. The molecule has 1 N–H and O–H groups in total. The molecule has 3 rings (SSSR count). The third-order valence-corrected chi connectivity index (χ3v) is 4.24. The van der Waals surface area contributed by atoms with Gasteiger partial charge in [-0.2, -0.15) is 0 Å². The average molecular weight is 345 g/mol. The molecule has 0 amide bonds. The van der Waals surface area contributed by atoms with Gasteiger partial charge in [-0.25, -0.2) is 0 Å². The van der Waals surface area contributed by atoms with Crippen molar-refractivity contribution in [1.82, 2.24) is 0 Å². The van der Waals surface area contributed by atoms with Gasteiger partial charge in [0, 0.05) is 11.1 Å². The number of carbonyl (C=O) groups excluding carboxylic acids is 1. The molecule has 3 aromatic carbocycles. The monoisotopic (exact) mass is 345 g/mol. The summed E-state index contributed by atoms with van der Waals surface area (Å²) in [5.41, 5.74) is 2.56. The van der Waals surface area contributed by atoms with Crippen molar-refractivity contribution >= 4 is 5.78 Å². The molecule has 0 aliphatic carbocycles. The molecule has 3 aromatic rings. The Bertz CT molecular complexity index is 871. The largest absolute Gasteiger partial charge is 0.507 e. The number of phenolic OH excluding ortho intramolecular Hbond substituents is 1. The van der Waals surface area contributed by atoms with E-state index in [1.165, 1.54) is 0 Å². The summed E-state index contributed by atoms with van der Waals surface area (Å²) < 4.78 is 5.80. The Hall–Kier alpha value is -3.07. The molecule has 0 bridgehead atoms. The lowest BCUT2D eigenvalue weighted by molar-refractivity contribution is 0.103. The van der Waals surface area contributed by atoms with E-state index in [1.807, 2.05) is 43.3 Å². The van der Waals surface area contributed by atoms with Crippen LogP contribution in [0.4, 0.5) is 0 Å². The lowest BCUT2D eigenvalue weighted by Crippen LogP contribution is -2.07. The number of rotatable bonds is 7. The summed E-state index contributed by atoms with van der Waals surface area (Å²) in [6, 6.07) is 22.8. The number of phenols is 1. The second-order valence-corrected chi connectivity index (χ2v) is 6.07. The van der Waals surface area contributed by atoms with E-state index in [1.54, 1.807) is 30.3 Å². The number of aromatic hydroxyl groups is 1. The van der Waals surface area contributed by atoms with Crippen LogP contribution in [0.3, 0.4) is 0 Å². The van der Waals surface area contributed by atoms with Gasteiger partial charge in [0.1, 0.15) is 18.1 Å². The van der Waals surface area contributed by atoms with Gasteiger partial charge in [-0.1, -0.05) is 61.9 Å². The fraction of sp³-hybridized carbons (Fsp3) is 0.174. The third-order valence-electron chi connectivity index (χ3n) is 4.24. The molecule has 0 heterocycles. The summed E-state index contributed by atoms with van der Waals surface area (Å²) in [6.07, 6.45) is 1.55. The van der Waals surface area contributed by atoms with Gasteiger partial charge in [0.25, 0.3) is 0 Å². The van der Waals surface area contributed by atoms with Gasteiger partial charge in [0.15, 0.2) is 5.78 Å². The normalized spacial score (nSPS) is 10.5. The highest BCUT2D eigenvalue weighted by molar-refractivity contribution is 6.10. The Morgan fingerprint density at radius 1 is 1.04 bits per heavy atom. The van der Waals surface area contributed by atoms with Crippen LogP contribution in [0.1, 0.15) is 40.4 Å². The highest BCUT2D eigenvalue weighted by Crippen LogP contribution is 2.30. The fourth-order valence-electron chi connectivity index (χ4n) is 2.90. The quantitative estimate of drug-likeness (QED) is 0.616. The molecule has 0 aliphatic rings. The van der Waals surface area contributed by atoms with Gasteiger partial charge in [0.05, 0.1) is 5.56 Å². The molecule has 0 unspecified atom stereocenters. The summed E-state index contributed by atoms with van der Waals surface area (Å²) in [6.45, 7) is 2.38. The zero-order chi connectivity index (χ0) is 18.4. The Balaban J connectivity index is 1.90. The molecule has 1 radical (unpaired) electrons. The lowest BCUT2D eigenvalue weighted by atomic mass is 9.94. The van der Waals surface area contributed by atoms with E-state index in [0.29, 0.717) is 24.2 Å². The fourth-order valence-corrected chi connectivity index (χ4v) is 2.90. The van der Waals surface area contributed by atoms with Gasteiger partial charge in [-0.15, -0.1) is 0 Å². The minimum Gasteiger partial charge on any atom is -0.507 e. The maximum absolute atomic E-state index is 12.7. The van der Waals surface area contributed by atoms with Crippen LogP contribution >= 0.6 is 0 Å². The number of ether oxygens (including phenoxy) is 1. The van der Waals surface area contributed by atoms with Crippen LogP contribution in [-0.2, 0) is 13.0 Å². The zero-order valence-corrected chi connectivity index (χ0v) is 14.7. The first-order chi connectivity index (χ1) is 12.7. The molecule has 3 heteroatoms. The molecule has 0 saturated heterocycles. The minimum atomic E-state index is -0.175. The van der Waals surface area contributed by atoms with E-state index in [-0.39, 0.29) is 11.5 Å². The highest BCUT2D eigenvalue weighted by atomic mass is 16.5. The maximum atomic E-state index is 12.7. The number of hydrogen-bond donors (Lipinski definition) is 1. The number of benzene rings is 3.